The number of guanidine groups is 1. The molecule has 7 heteroatoms. The molecule has 0 aliphatic carbocycles. The first-order valence-corrected chi connectivity index (χ1v) is 10.1. The first-order valence-electron chi connectivity index (χ1n) is 10.1. The third-order valence-corrected chi connectivity index (χ3v) is 5.44. The number of nitrogens with one attached hydrogen (secondary N) is 2. The van der Waals surface area contributed by atoms with Crippen LogP contribution in [0.3, 0.4) is 0 Å². The lowest BCUT2D eigenvalue weighted by atomic mass is 9.98. The quantitative estimate of drug-likeness (QED) is 0.492. The fourth-order valence-corrected chi connectivity index (χ4v) is 3.54. The highest BCUT2D eigenvalue weighted by Crippen LogP contribution is 2.22. The Labute approximate surface area is 168 Å². The molecule has 156 valence electrons. The molecule has 3 N–H and O–H groups in total. The minimum absolute atomic E-state index is 0.148. The number of nitrogens with zero attached hydrogens (tertiary/aromatic N) is 2. The van der Waals surface area contributed by atoms with Gasteiger partial charge in [0.15, 0.2) is 5.96 Å². The highest BCUT2D eigenvalue weighted by molar-refractivity contribution is 5.80. The highest BCUT2D eigenvalue weighted by Gasteiger charge is 2.26. The summed E-state index contributed by atoms with van der Waals surface area (Å²) in [6, 6.07) is 5.43. The van der Waals surface area contributed by atoms with Crippen LogP contribution in [-0.2, 0) is 11.3 Å². The molecule has 1 saturated heterocycles. The van der Waals surface area contributed by atoms with E-state index in [4.69, 9.17) is 4.74 Å². The van der Waals surface area contributed by atoms with Crippen LogP contribution in [0.5, 0.6) is 11.5 Å². The number of aromatic hydroxyl groups is 1. The maximum atomic E-state index is 12.5. The molecule has 0 atom stereocenters. The van der Waals surface area contributed by atoms with Gasteiger partial charge in [0.25, 0.3) is 0 Å². The van der Waals surface area contributed by atoms with Gasteiger partial charge >= 0.3 is 0 Å². The van der Waals surface area contributed by atoms with Gasteiger partial charge in [-0.15, -0.1) is 0 Å². The van der Waals surface area contributed by atoms with Crippen LogP contribution >= 0.6 is 0 Å². The van der Waals surface area contributed by atoms with Crippen LogP contribution in [0.15, 0.2) is 23.2 Å². The zero-order valence-corrected chi connectivity index (χ0v) is 17.5. The molecule has 1 heterocycles. The number of methoxy groups -OCH3 is 1. The van der Waals surface area contributed by atoms with Crippen LogP contribution in [0.1, 0.15) is 45.1 Å². The zero-order valence-electron chi connectivity index (χ0n) is 17.5. The lowest BCUT2D eigenvalue weighted by Crippen LogP contribution is -2.50. The first-order chi connectivity index (χ1) is 13.5. The van der Waals surface area contributed by atoms with Gasteiger partial charge in [-0.3, -0.25) is 9.79 Å². The maximum Gasteiger partial charge on any atom is 0.225 e. The zero-order chi connectivity index (χ0) is 20.5. The Bertz CT molecular complexity index is 666. The molecule has 1 amide bonds. The van der Waals surface area contributed by atoms with Crippen molar-refractivity contribution in [3.63, 3.8) is 0 Å². The van der Waals surface area contributed by atoms with Gasteiger partial charge in [-0.25, -0.2) is 0 Å². The number of amides is 1. The summed E-state index contributed by atoms with van der Waals surface area (Å²) in [5.74, 6) is 2.05. The maximum absolute atomic E-state index is 12.5. The Kier molecular flexibility index (Phi) is 8.42. The van der Waals surface area contributed by atoms with Crippen LogP contribution in [-0.4, -0.2) is 55.2 Å². The molecular weight excluding hydrogens is 356 g/mol. The molecule has 1 aromatic carbocycles. The minimum atomic E-state index is 0.148. The Hall–Kier alpha value is -2.44. The van der Waals surface area contributed by atoms with Crippen molar-refractivity contribution in [1.82, 2.24) is 15.5 Å². The molecule has 0 radical (unpaired) electrons. The number of phenols is 1. The molecule has 0 saturated carbocycles. The minimum Gasteiger partial charge on any atom is -0.508 e. The predicted octanol–water partition coefficient (Wildman–Crippen LogP) is 2.49. The van der Waals surface area contributed by atoms with E-state index < -0.39 is 0 Å². The Balaban J connectivity index is 1.84. The number of benzene rings is 1. The second-order valence-corrected chi connectivity index (χ2v) is 7.18. The Morgan fingerprint density at radius 2 is 2.00 bits per heavy atom. The molecule has 2 rings (SSSR count). The summed E-state index contributed by atoms with van der Waals surface area (Å²) >= 11 is 0. The number of likely N-dealkylation sites (tertiary alicyclic amines) is 1. The summed E-state index contributed by atoms with van der Waals surface area (Å²) < 4.78 is 5.21. The summed E-state index contributed by atoms with van der Waals surface area (Å²) in [6.07, 6.45) is 3.61. The van der Waals surface area contributed by atoms with Gasteiger partial charge in [-0.05, 0) is 43.9 Å². The summed E-state index contributed by atoms with van der Waals surface area (Å²) in [7, 11) is 3.33. The van der Waals surface area contributed by atoms with Crippen molar-refractivity contribution in [2.24, 2.45) is 10.9 Å². The smallest absolute Gasteiger partial charge is 0.225 e. The van der Waals surface area contributed by atoms with Gasteiger partial charge in [-0.2, -0.15) is 0 Å². The predicted molar refractivity (Wildman–Crippen MR) is 112 cm³/mol. The highest BCUT2D eigenvalue weighted by atomic mass is 16.5. The van der Waals surface area contributed by atoms with E-state index in [0.717, 1.165) is 44.3 Å². The van der Waals surface area contributed by atoms with Crippen LogP contribution in [0.25, 0.3) is 0 Å². The van der Waals surface area contributed by atoms with Crippen molar-refractivity contribution in [2.45, 2.75) is 52.1 Å². The van der Waals surface area contributed by atoms with Gasteiger partial charge in [-0.1, -0.05) is 13.8 Å². The lowest BCUT2D eigenvalue weighted by molar-refractivity contribution is -0.136. The van der Waals surface area contributed by atoms with Crippen molar-refractivity contribution in [1.29, 1.82) is 0 Å². The topological polar surface area (TPSA) is 86.2 Å². The van der Waals surface area contributed by atoms with Crippen LogP contribution in [0, 0.1) is 5.92 Å². The van der Waals surface area contributed by atoms with Crippen molar-refractivity contribution in [3.05, 3.63) is 23.8 Å². The van der Waals surface area contributed by atoms with Gasteiger partial charge in [0, 0.05) is 44.2 Å². The molecule has 28 heavy (non-hydrogen) atoms. The van der Waals surface area contributed by atoms with E-state index >= 15 is 0 Å². The Morgan fingerprint density at radius 1 is 1.32 bits per heavy atom. The van der Waals surface area contributed by atoms with Crippen molar-refractivity contribution < 1.29 is 14.6 Å². The molecule has 1 aliphatic rings. The monoisotopic (exact) mass is 390 g/mol. The van der Waals surface area contributed by atoms with E-state index in [1.54, 1.807) is 32.4 Å². The van der Waals surface area contributed by atoms with Gasteiger partial charge in [0.05, 0.1) is 7.11 Å². The second-order valence-electron chi connectivity index (χ2n) is 7.18. The third kappa shape index (κ3) is 5.78. The number of rotatable bonds is 7. The van der Waals surface area contributed by atoms with Crippen molar-refractivity contribution >= 4 is 11.9 Å². The largest absolute Gasteiger partial charge is 0.508 e. The van der Waals surface area contributed by atoms with E-state index in [9.17, 15) is 9.90 Å². The average Bonchev–Trinajstić information content (AvgIpc) is 2.73. The lowest BCUT2D eigenvalue weighted by Gasteiger charge is -2.34. The van der Waals surface area contributed by atoms with Gasteiger partial charge in [0.1, 0.15) is 11.5 Å². The first kappa shape index (κ1) is 21.9. The standard InChI is InChI=1S/C21H34N4O3/c1-5-15(6-2)20(27)25-11-9-17(10-12-25)24-21(22-3)23-14-16-13-18(28-4)7-8-19(16)26/h7-8,13,15,17,26H,5-6,9-12,14H2,1-4H3,(H2,22,23,24). The number of carbonyl (C=O) groups is 1. The normalized spacial score (nSPS) is 15.6. The number of aliphatic imine (C=N–C) groups is 1. The van der Waals surface area contributed by atoms with E-state index in [1.807, 2.05) is 4.90 Å². The van der Waals surface area contributed by atoms with E-state index in [1.165, 1.54) is 0 Å². The molecular formula is C21H34N4O3. The van der Waals surface area contributed by atoms with Gasteiger partial charge < -0.3 is 25.4 Å². The summed E-state index contributed by atoms with van der Waals surface area (Å²) in [5.41, 5.74) is 0.743. The molecule has 0 unspecified atom stereocenters. The van der Waals surface area contributed by atoms with E-state index in [-0.39, 0.29) is 17.7 Å². The molecule has 1 aromatic rings. The molecule has 1 aliphatic heterocycles. The van der Waals surface area contributed by atoms with Crippen molar-refractivity contribution in [2.75, 3.05) is 27.2 Å². The molecule has 7 nitrogen and oxygen atoms in total. The van der Waals surface area contributed by atoms with Crippen LogP contribution < -0.4 is 15.4 Å². The van der Waals surface area contributed by atoms with Crippen LogP contribution in [0.2, 0.25) is 0 Å². The number of hydrogen-bond donors (Lipinski definition) is 3. The fourth-order valence-electron chi connectivity index (χ4n) is 3.54. The number of ether oxygens (including phenoxy) is 1. The number of phenolic OH excluding ortho intramolecular Hbond substituents is 1. The van der Waals surface area contributed by atoms with Crippen LogP contribution in [0.4, 0.5) is 0 Å². The Morgan fingerprint density at radius 3 is 2.57 bits per heavy atom. The summed E-state index contributed by atoms with van der Waals surface area (Å²) in [4.78, 5) is 18.8. The summed E-state index contributed by atoms with van der Waals surface area (Å²) in [5, 5.41) is 16.7. The number of piperidine rings is 1. The summed E-state index contributed by atoms with van der Waals surface area (Å²) in [6.45, 7) is 6.16. The molecule has 1 fully saturated rings. The second kappa shape index (κ2) is 10.8. The molecule has 0 spiro atoms. The van der Waals surface area contributed by atoms with Gasteiger partial charge in [0.2, 0.25) is 5.91 Å². The van der Waals surface area contributed by atoms with Crippen molar-refractivity contribution in [3.8, 4) is 11.5 Å². The third-order valence-electron chi connectivity index (χ3n) is 5.44. The van der Waals surface area contributed by atoms with E-state index in [2.05, 4.69) is 29.5 Å². The number of hydrogen-bond acceptors (Lipinski definition) is 4. The number of carbonyl (C=O) groups excluding carboxylic acids is 1. The van der Waals surface area contributed by atoms with E-state index in [0.29, 0.717) is 24.2 Å². The fraction of sp³-hybridized carbons (Fsp3) is 0.619. The SMILES string of the molecule is CCC(CC)C(=O)N1CCC(NC(=NC)NCc2cc(OC)ccc2O)CC1. The molecule has 0 aromatic heterocycles. The average molecular weight is 391 g/mol. The molecule has 0 bridgehead atoms.